The highest BCUT2D eigenvalue weighted by Gasteiger charge is 2.17. The van der Waals surface area contributed by atoms with Gasteiger partial charge in [0.2, 0.25) is 0 Å². The van der Waals surface area contributed by atoms with E-state index in [4.69, 9.17) is 5.73 Å². The number of amides is 1. The van der Waals surface area contributed by atoms with E-state index in [2.05, 4.69) is 5.32 Å². The van der Waals surface area contributed by atoms with Crippen LogP contribution in [0.3, 0.4) is 0 Å². The van der Waals surface area contributed by atoms with E-state index >= 15 is 0 Å². The number of fused-ring (bicyclic) bond motifs is 1. The standard InChI is InChI=1S/C11H12N2O/c12-5-1-2-8-3-4-9-7-13-11(14)10(9)6-8/h1-4,6H,5,7,12H2,(H,13,14). The first-order valence-electron chi connectivity index (χ1n) is 4.59. The highest BCUT2D eigenvalue weighted by molar-refractivity contribution is 5.98. The molecule has 1 aliphatic heterocycles. The normalized spacial score (nSPS) is 14.5. The molecule has 14 heavy (non-hydrogen) atoms. The van der Waals surface area contributed by atoms with Crippen LogP contribution in [0.25, 0.3) is 6.08 Å². The Kier molecular flexibility index (Phi) is 2.33. The van der Waals surface area contributed by atoms with E-state index in [1.807, 2.05) is 30.4 Å². The van der Waals surface area contributed by atoms with Crippen molar-refractivity contribution in [3.05, 3.63) is 41.0 Å². The van der Waals surface area contributed by atoms with Gasteiger partial charge in [-0.2, -0.15) is 0 Å². The van der Waals surface area contributed by atoms with Crippen LogP contribution in [0.2, 0.25) is 0 Å². The van der Waals surface area contributed by atoms with Crippen LogP contribution in [-0.4, -0.2) is 12.5 Å². The summed E-state index contributed by atoms with van der Waals surface area (Å²) in [4.78, 5) is 11.3. The second kappa shape index (κ2) is 3.64. The van der Waals surface area contributed by atoms with Gasteiger partial charge in [0.05, 0.1) is 0 Å². The van der Waals surface area contributed by atoms with Crippen molar-refractivity contribution in [1.82, 2.24) is 5.32 Å². The van der Waals surface area contributed by atoms with Gasteiger partial charge in [-0.3, -0.25) is 4.79 Å². The van der Waals surface area contributed by atoms with Crippen LogP contribution in [0.5, 0.6) is 0 Å². The summed E-state index contributed by atoms with van der Waals surface area (Å²) < 4.78 is 0. The summed E-state index contributed by atoms with van der Waals surface area (Å²) in [6, 6.07) is 5.86. The molecular weight excluding hydrogens is 176 g/mol. The number of carbonyl (C=O) groups is 1. The Morgan fingerprint density at radius 3 is 3.14 bits per heavy atom. The number of hydrogen-bond donors (Lipinski definition) is 2. The maximum absolute atomic E-state index is 11.3. The fourth-order valence-corrected chi connectivity index (χ4v) is 1.54. The monoisotopic (exact) mass is 188 g/mol. The number of rotatable bonds is 2. The van der Waals surface area contributed by atoms with E-state index in [9.17, 15) is 4.79 Å². The molecule has 0 aromatic heterocycles. The van der Waals surface area contributed by atoms with E-state index in [1.54, 1.807) is 0 Å². The lowest BCUT2D eigenvalue weighted by Gasteiger charge is -1.97. The molecule has 0 radical (unpaired) electrons. The largest absolute Gasteiger partial charge is 0.348 e. The zero-order valence-corrected chi connectivity index (χ0v) is 7.79. The van der Waals surface area contributed by atoms with E-state index in [-0.39, 0.29) is 5.91 Å². The molecule has 2 rings (SSSR count). The van der Waals surface area contributed by atoms with Crippen LogP contribution in [0, 0.1) is 0 Å². The van der Waals surface area contributed by atoms with Crippen LogP contribution in [-0.2, 0) is 6.54 Å². The predicted molar refractivity (Wildman–Crippen MR) is 55.7 cm³/mol. The lowest BCUT2D eigenvalue weighted by Crippen LogP contribution is -2.12. The van der Waals surface area contributed by atoms with Gasteiger partial charge in [0, 0.05) is 18.7 Å². The average Bonchev–Trinajstić information content (AvgIpc) is 2.57. The van der Waals surface area contributed by atoms with Gasteiger partial charge in [-0.25, -0.2) is 0 Å². The van der Waals surface area contributed by atoms with Gasteiger partial charge in [0.1, 0.15) is 0 Å². The zero-order valence-electron chi connectivity index (χ0n) is 7.79. The Hall–Kier alpha value is -1.61. The second-order valence-corrected chi connectivity index (χ2v) is 3.24. The van der Waals surface area contributed by atoms with Gasteiger partial charge >= 0.3 is 0 Å². The molecule has 1 heterocycles. The van der Waals surface area contributed by atoms with Crippen molar-refractivity contribution in [3.8, 4) is 0 Å². The van der Waals surface area contributed by atoms with Crippen LogP contribution < -0.4 is 11.1 Å². The maximum atomic E-state index is 11.3. The third kappa shape index (κ3) is 1.54. The smallest absolute Gasteiger partial charge is 0.251 e. The van der Waals surface area contributed by atoms with Crippen LogP contribution in [0.4, 0.5) is 0 Å². The summed E-state index contributed by atoms with van der Waals surface area (Å²) in [6.07, 6.45) is 3.79. The summed E-state index contributed by atoms with van der Waals surface area (Å²) in [5.41, 5.74) is 8.22. The summed E-state index contributed by atoms with van der Waals surface area (Å²) in [5, 5.41) is 2.78. The fraction of sp³-hybridized carbons (Fsp3) is 0.182. The summed E-state index contributed by atoms with van der Waals surface area (Å²) in [6.45, 7) is 1.17. The molecule has 0 fully saturated rings. The van der Waals surface area contributed by atoms with Crippen molar-refractivity contribution in [2.24, 2.45) is 5.73 Å². The minimum absolute atomic E-state index is 0.0167. The molecule has 1 aromatic carbocycles. The molecule has 0 aliphatic carbocycles. The fourth-order valence-electron chi connectivity index (χ4n) is 1.54. The SMILES string of the molecule is NCC=Cc1ccc2c(c1)C(=O)NC2. The molecule has 0 unspecified atom stereocenters. The predicted octanol–water partition coefficient (Wildman–Crippen LogP) is 0.902. The lowest BCUT2D eigenvalue weighted by molar-refractivity contribution is 0.0966. The second-order valence-electron chi connectivity index (χ2n) is 3.24. The Morgan fingerprint density at radius 2 is 2.36 bits per heavy atom. The number of benzene rings is 1. The van der Waals surface area contributed by atoms with E-state index in [1.165, 1.54) is 0 Å². The van der Waals surface area contributed by atoms with E-state index in [0.29, 0.717) is 13.1 Å². The quantitative estimate of drug-likeness (QED) is 0.724. The Bertz CT molecular complexity index is 396. The molecule has 0 atom stereocenters. The third-order valence-corrected chi connectivity index (χ3v) is 2.26. The molecule has 3 N–H and O–H groups in total. The van der Waals surface area contributed by atoms with Gasteiger partial charge in [0.25, 0.3) is 5.91 Å². The Labute approximate surface area is 82.6 Å². The van der Waals surface area contributed by atoms with Crippen molar-refractivity contribution >= 4 is 12.0 Å². The minimum Gasteiger partial charge on any atom is -0.348 e. The molecule has 0 saturated heterocycles. The summed E-state index contributed by atoms with van der Waals surface area (Å²) in [5.74, 6) is 0.0167. The zero-order chi connectivity index (χ0) is 9.97. The molecule has 1 aromatic rings. The molecule has 1 amide bonds. The van der Waals surface area contributed by atoms with Crippen molar-refractivity contribution in [2.75, 3.05) is 6.54 Å². The van der Waals surface area contributed by atoms with Crippen LogP contribution >= 0.6 is 0 Å². The van der Waals surface area contributed by atoms with Crippen molar-refractivity contribution in [3.63, 3.8) is 0 Å². The lowest BCUT2D eigenvalue weighted by atomic mass is 10.1. The summed E-state index contributed by atoms with van der Waals surface area (Å²) in [7, 11) is 0. The van der Waals surface area contributed by atoms with Gasteiger partial charge in [-0.15, -0.1) is 0 Å². The highest BCUT2D eigenvalue weighted by Crippen LogP contribution is 2.17. The minimum atomic E-state index is 0.0167. The first-order valence-corrected chi connectivity index (χ1v) is 4.59. The Balaban J connectivity index is 2.35. The molecule has 0 spiro atoms. The van der Waals surface area contributed by atoms with Gasteiger partial charge < -0.3 is 11.1 Å². The molecule has 1 aliphatic rings. The topological polar surface area (TPSA) is 55.1 Å². The van der Waals surface area contributed by atoms with Gasteiger partial charge in [0.15, 0.2) is 0 Å². The average molecular weight is 188 g/mol. The van der Waals surface area contributed by atoms with E-state index in [0.717, 1.165) is 16.7 Å². The van der Waals surface area contributed by atoms with E-state index < -0.39 is 0 Å². The number of hydrogen-bond acceptors (Lipinski definition) is 2. The number of carbonyl (C=O) groups excluding carboxylic acids is 1. The van der Waals surface area contributed by atoms with Gasteiger partial charge in [-0.1, -0.05) is 24.3 Å². The Morgan fingerprint density at radius 1 is 1.50 bits per heavy atom. The van der Waals surface area contributed by atoms with Crippen LogP contribution in [0.1, 0.15) is 21.5 Å². The molecule has 72 valence electrons. The van der Waals surface area contributed by atoms with Crippen molar-refractivity contribution < 1.29 is 4.79 Å². The molecule has 3 nitrogen and oxygen atoms in total. The summed E-state index contributed by atoms with van der Waals surface area (Å²) >= 11 is 0. The third-order valence-electron chi connectivity index (χ3n) is 2.26. The molecule has 0 saturated carbocycles. The van der Waals surface area contributed by atoms with Crippen molar-refractivity contribution in [2.45, 2.75) is 6.54 Å². The number of nitrogens with one attached hydrogen (secondary N) is 1. The van der Waals surface area contributed by atoms with Crippen LogP contribution in [0.15, 0.2) is 24.3 Å². The molecule has 3 heteroatoms. The highest BCUT2D eigenvalue weighted by atomic mass is 16.1. The maximum Gasteiger partial charge on any atom is 0.251 e. The first-order chi connectivity index (χ1) is 6.81. The number of nitrogens with two attached hydrogens (primary N) is 1. The molecular formula is C11H12N2O. The van der Waals surface area contributed by atoms with Gasteiger partial charge in [-0.05, 0) is 17.2 Å². The molecule has 0 bridgehead atoms. The van der Waals surface area contributed by atoms with Crippen molar-refractivity contribution in [1.29, 1.82) is 0 Å². The first kappa shape index (κ1) is 8.97.